The minimum atomic E-state index is -2.12. The molecule has 2 aromatic rings. The molecule has 32 nitrogen and oxygen atoms in total. The van der Waals surface area contributed by atoms with Gasteiger partial charge in [0.1, 0.15) is 72.4 Å². The summed E-state index contributed by atoms with van der Waals surface area (Å²) in [5.74, 6) is -2.14. The maximum absolute atomic E-state index is 13.9. The van der Waals surface area contributed by atoms with Crippen molar-refractivity contribution in [3.63, 3.8) is 0 Å². The van der Waals surface area contributed by atoms with E-state index in [1.54, 1.807) is 41.5 Å². The number of nitro groups is 2. The highest BCUT2D eigenvalue weighted by Crippen LogP contribution is 2.35. The first-order chi connectivity index (χ1) is 38.7. The van der Waals surface area contributed by atoms with E-state index >= 15 is 0 Å². The molecule has 0 radical (unpaired) electrons. The van der Waals surface area contributed by atoms with Gasteiger partial charge in [0.05, 0.1) is 53.7 Å². The monoisotopic (exact) mass is 1180 g/mol. The molecule has 83 heavy (non-hydrogen) atoms. The number of nitrogens with two attached hydrogens (primary N) is 1. The molecular formula is C51H73N9O23. The maximum Gasteiger partial charge on any atom is 0.410 e. The topological polar surface area (TPSA) is 453 Å². The molecule has 2 heterocycles. The number of nitrogens with one attached hydrogen (secondary N) is 5. The standard InChI is InChI=1S/C51H73N9O23/c1-49(2,3)82-45(67)54-22-35(62)42(66)55-32-19-33(57-47(69)77-24-27-11-15-29(16-12-27)60(74)75)39(36(63)38(32)81-44-37(64)40(51(7,71)25-78-44)58(8)48(70)83-50(4,5)6)80-43-31(18-17-30(79-43)20-53-21-34(61)41(52)65)56-46(68)76-23-26-9-13-28(14-10-26)59(72)73/h9-17,31-40,43-44,53,61-64,71H,18-25H2,1-8H3,(H2,52,65)(H,54,67)(H,55,66)(H,56,68)(H,57,69)/t31-,32-,33+,34?,35+,36-,37-,38+,39-,40-,43-,44-,51+/m1/s1. The summed E-state index contributed by atoms with van der Waals surface area (Å²) in [5, 5.41) is 92.6. The zero-order valence-electron chi connectivity index (χ0n) is 46.8. The lowest BCUT2D eigenvalue weighted by Gasteiger charge is -2.50. The number of aliphatic hydroxyl groups excluding tert-OH is 4. The molecule has 32 heteroatoms. The Morgan fingerprint density at radius 3 is 1.76 bits per heavy atom. The van der Waals surface area contributed by atoms with E-state index in [-0.39, 0.29) is 43.3 Å². The van der Waals surface area contributed by atoms with E-state index in [0.29, 0.717) is 11.1 Å². The van der Waals surface area contributed by atoms with E-state index in [9.17, 15) is 74.5 Å². The van der Waals surface area contributed by atoms with Gasteiger partial charge >= 0.3 is 24.4 Å². The summed E-state index contributed by atoms with van der Waals surface area (Å²) in [6, 6.07) is 4.29. The van der Waals surface area contributed by atoms with Crippen LogP contribution >= 0.6 is 0 Å². The van der Waals surface area contributed by atoms with Gasteiger partial charge in [-0.2, -0.15) is 0 Å². The van der Waals surface area contributed by atoms with Crippen LogP contribution < -0.4 is 32.3 Å². The number of hydrogen-bond donors (Lipinski definition) is 11. The first kappa shape index (κ1) is 66.2. The van der Waals surface area contributed by atoms with Gasteiger partial charge in [-0.1, -0.05) is 0 Å². The Labute approximate surface area is 475 Å². The molecule has 1 aliphatic carbocycles. The van der Waals surface area contributed by atoms with Gasteiger partial charge in [0.2, 0.25) is 12.2 Å². The van der Waals surface area contributed by atoms with Gasteiger partial charge in [0.25, 0.3) is 17.3 Å². The number of likely N-dealkylation sites (N-methyl/N-ethyl adjacent to an activating group) is 1. The zero-order chi connectivity index (χ0) is 61.7. The van der Waals surface area contributed by atoms with Crippen LogP contribution in [-0.4, -0.2) is 200 Å². The highest BCUT2D eigenvalue weighted by atomic mass is 16.7. The number of amides is 6. The first-order valence-electron chi connectivity index (χ1n) is 26.0. The van der Waals surface area contributed by atoms with Crippen LogP contribution in [-0.2, 0) is 60.7 Å². The average Bonchev–Trinajstić information content (AvgIpc) is 2.27. The van der Waals surface area contributed by atoms with Crippen molar-refractivity contribution >= 4 is 47.6 Å². The number of benzene rings is 2. The lowest BCUT2D eigenvalue weighted by atomic mass is 9.82. The second-order valence-electron chi connectivity index (χ2n) is 21.9. The number of primary amides is 1. The normalized spacial score (nSPS) is 26.0. The fourth-order valence-electron chi connectivity index (χ4n) is 8.73. The van der Waals surface area contributed by atoms with Gasteiger partial charge < -0.3 is 101 Å². The second kappa shape index (κ2) is 28.6. The van der Waals surface area contributed by atoms with E-state index in [1.165, 1.54) is 68.6 Å². The third-order valence-electron chi connectivity index (χ3n) is 12.7. The van der Waals surface area contributed by atoms with Crippen molar-refractivity contribution in [3.8, 4) is 0 Å². The van der Waals surface area contributed by atoms with Crippen LogP contribution in [0, 0.1) is 20.2 Å². The van der Waals surface area contributed by atoms with Crippen LogP contribution in [0.15, 0.2) is 60.4 Å². The summed E-state index contributed by atoms with van der Waals surface area (Å²) in [6.07, 6.45) is -18.3. The fraction of sp³-hybridized carbons (Fsp3) is 0.608. The fourth-order valence-corrected chi connectivity index (χ4v) is 8.73. The second-order valence-corrected chi connectivity index (χ2v) is 21.9. The van der Waals surface area contributed by atoms with Crippen molar-refractivity contribution in [1.29, 1.82) is 0 Å². The average molecular weight is 1180 g/mol. The predicted octanol–water partition coefficient (Wildman–Crippen LogP) is 0.0680. The number of carbonyl (C=O) groups is 6. The minimum Gasteiger partial charge on any atom is -0.466 e. The summed E-state index contributed by atoms with van der Waals surface area (Å²) in [4.78, 5) is 101. The molecule has 2 aromatic carbocycles. The summed E-state index contributed by atoms with van der Waals surface area (Å²) < 4.78 is 46.5. The Morgan fingerprint density at radius 2 is 1.25 bits per heavy atom. The largest absolute Gasteiger partial charge is 0.466 e. The molecule has 3 aliphatic rings. The van der Waals surface area contributed by atoms with E-state index in [4.69, 9.17) is 43.6 Å². The number of rotatable bonds is 22. The van der Waals surface area contributed by atoms with Crippen molar-refractivity contribution in [2.45, 2.75) is 165 Å². The van der Waals surface area contributed by atoms with Gasteiger partial charge in [-0.25, -0.2) is 19.2 Å². The van der Waals surface area contributed by atoms with Crippen LogP contribution in [0.5, 0.6) is 0 Å². The number of alkyl carbamates (subject to hydrolysis) is 3. The molecule has 12 N–H and O–H groups in total. The smallest absolute Gasteiger partial charge is 0.410 e. The molecule has 0 aromatic heterocycles. The molecule has 13 atom stereocenters. The number of non-ortho nitro benzene ring substituents is 2. The molecule has 1 saturated heterocycles. The Balaban J connectivity index is 1.54. The van der Waals surface area contributed by atoms with E-state index in [1.807, 2.05) is 0 Å². The van der Waals surface area contributed by atoms with Crippen LogP contribution in [0.3, 0.4) is 0 Å². The molecule has 1 saturated carbocycles. The predicted molar refractivity (Wildman–Crippen MR) is 283 cm³/mol. The molecule has 460 valence electrons. The van der Waals surface area contributed by atoms with Crippen LogP contribution in [0.1, 0.15) is 72.4 Å². The van der Waals surface area contributed by atoms with Gasteiger partial charge in [-0.05, 0) is 103 Å². The zero-order valence-corrected chi connectivity index (χ0v) is 46.8. The van der Waals surface area contributed by atoms with E-state index in [0.717, 1.165) is 4.90 Å². The van der Waals surface area contributed by atoms with Crippen molar-refractivity contribution in [2.75, 3.05) is 33.3 Å². The number of aliphatic hydroxyl groups is 5. The summed E-state index contributed by atoms with van der Waals surface area (Å²) in [5.41, 5.74) is 1.43. The molecule has 0 spiro atoms. The Morgan fingerprint density at radius 1 is 0.747 bits per heavy atom. The van der Waals surface area contributed by atoms with E-state index in [2.05, 4.69) is 26.6 Å². The van der Waals surface area contributed by atoms with Crippen molar-refractivity contribution in [1.82, 2.24) is 31.5 Å². The van der Waals surface area contributed by atoms with Crippen molar-refractivity contribution in [3.05, 3.63) is 91.7 Å². The number of hydrogen-bond acceptors (Lipinski definition) is 24. The van der Waals surface area contributed by atoms with Crippen molar-refractivity contribution in [2.24, 2.45) is 5.73 Å². The lowest BCUT2D eigenvalue weighted by molar-refractivity contribution is -0.385. The number of carbonyl (C=O) groups excluding carboxylic acids is 6. The first-order valence-corrected chi connectivity index (χ1v) is 26.0. The van der Waals surface area contributed by atoms with Gasteiger partial charge in [-0.15, -0.1) is 0 Å². The summed E-state index contributed by atoms with van der Waals surface area (Å²) in [6.45, 7) is 8.06. The highest BCUT2D eigenvalue weighted by molar-refractivity contribution is 5.82. The molecule has 2 aliphatic heterocycles. The number of ether oxygens (including phenoxy) is 8. The quantitative estimate of drug-likeness (QED) is 0.0422. The van der Waals surface area contributed by atoms with Crippen LogP contribution in [0.2, 0.25) is 0 Å². The van der Waals surface area contributed by atoms with Crippen molar-refractivity contribution < 1.29 is 102 Å². The number of nitrogens with zero attached hydrogens (tertiary/aromatic N) is 3. The Bertz CT molecular complexity index is 2630. The molecule has 6 amide bonds. The molecule has 0 bridgehead atoms. The Hall–Kier alpha value is -7.56. The van der Waals surface area contributed by atoms with Crippen LogP contribution in [0.4, 0.5) is 30.6 Å². The van der Waals surface area contributed by atoms with E-state index < -0.39 is 162 Å². The summed E-state index contributed by atoms with van der Waals surface area (Å²) >= 11 is 0. The van der Waals surface area contributed by atoms with Gasteiger partial charge in [0, 0.05) is 37.9 Å². The van der Waals surface area contributed by atoms with Gasteiger partial charge in [0.15, 0.2) is 6.29 Å². The number of nitro benzene ring substituents is 2. The molecular weight excluding hydrogens is 1110 g/mol. The SMILES string of the molecule is CN(C(=O)OC(C)(C)C)[C@@H]1[C@@H](O)[C@@H](O[C@@H]2[C@@H](O)[C@H](O[C@H]3OC(CNCC(O)C(N)=O)=CC[C@H]3NC(=O)OCc3ccc([N+](=O)[O-])cc3)[C@@H](NC(=O)OCc3ccc([N+](=O)[O-])cc3)C[C@H]2NC(=O)[C@@H](O)CNC(=O)OC(C)(C)C)OC[C@]1(C)O. The summed E-state index contributed by atoms with van der Waals surface area (Å²) in [7, 11) is 1.24. The Kier molecular flexibility index (Phi) is 22.8. The molecule has 1 unspecified atom stereocenters. The third-order valence-corrected chi connectivity index (χ3v) is 12.7. The molecule has 5 rings (SSSR count). The maximum atomic E-state index is 13.9. The lowest BCUT2D eigenvalue weighted by Crippen LogP contribution is -2.71. The van der Waals surface area contributed by atoms with Crippen LogP contribution in [0.25, 0.3) is 0 Å². The third kappa shape index (κ3) is 19.8. The van der Waals surface area contributed by atoms with Gasteiger partial charge in [-0.3, -0.25) is 29.8 Å². The minimum absolute atomic E-state index is 0.0825. The molecule has 2 fully saturated rings. The highest BCUT2D eigenvalue weighted by Gasteiger charge is 2.55.